The van der Waals surface area contributed by atoms with Gasteiger partial charge in [-0.1, -0.05) is 24.1 Å². The molecule has 0 radical (unpaired) electrons. The fraction of sp³-hybridized carbons (Fsp3) is 0.650. The summed E-state index contributed by atoms with van der Waals surface area (Å²) < 4.78 is 0. The lowest BCUT2D eigenvalue weighted by Crippen LogP contribution is -2.50. The van der Waals surface area contributed by atoms with Crippen LogP contribution >= 0.6 is 0 Å². The molecule has 0 saturated carbocycles. The summed E-state index contributed by atoms with van der Waals surface area (Å²) in [6.45, 7) is 7.05. The number of aryl methyl sites for hydroxylation is 1. The SMILES string of the molecule is Cc1ccc2c(c1)[C@@H]1CN(C)CC[C@H]1N2C(=O)CN1CCCCC1. The molecule has 1 aromatic rings. The van der Waals surface area contributed by atoms with Crippen LogP contribution in [0.4, 0.5) is 5.69 Å². The number of amides is 1. The third-order valence-electron chi connectivity index (χ3n) is 6.03. The average molecular weight is 327 g/mol. The number of fused-ring (bicyclic) bond motifs is 3. The normalized spacial score (nSPS) is 27.8. The molecular formula is C20H29N3O. The van der Waals surface area contributed by atoms with Gasteiger partial charge in [0.25, 0.3) is 0 Å². The first kappa shape index (κ1) is 16.1. The fourth-order valence-corrected chi connectivity index (χ4v) is 4.79. The summed E-state index contributed by atoms with van der Waals surface area (Å²) >= 11 is 0. The number of carbonyl (C=O) groups is 1. The highest BCUT2D eigenvalue weighted by Gasteiger charge is 2.43. The lowest BCUT2D eigenvalue weighted by molar-refractivity contribution is -0.120. The maximum absolute atomic E-state index is 13.2. The van der Waals surface area contributed by atoms with Crippen LogP contribution in [-0.2, 0) is 4.79 Å². The van der Waals surface area contributed by atoms with Gasteiger partial charge in [0.2, 0.25) is 5.91 Å². The third-order valence-corrected chi connectivity index (χ3v) is 6.03. The molecular weight excluding hydrogens is 298 g/mol. The number of piperidine rings is 2. The van der Waals surface area contributed by atoms with E-state index in [-0.39, 0.29) is 0 Å². The Morgan fingerprint density at radius 1 is 1.17 bits per heavy atom. The minimum atomic E-state index is 0.305. The molecule has 0 spiro atoms. The maximum atomic E-state index is 13.2. The quantitative estimate of drug-likeness (QED) is 0.835. The number of likely N-dealkylation sites (N-methyl/N-ethyl adjacent to an activating group) is 1. The van der Waals surface area contributed by atoms with Gasteiger partial charge in [0.05, 0.1) is 6.54 Å². The predicted molar refractivity (Wildman–Crippen MR) is 97.6 cm³/mol. The van der Waals surface area contributed by atoms with Crippen LogP contribution in [0.15, 0.2) is 18.2 Å². The van der Waals surface area contributed by atoms with Crippen LogP contribution in [0.25, 0.3) is 0 Å². The van der Waals surface area contributed by atoms with Crippen LogP contribution in [0, 0.1) is 6.92 Å². The first-order valence-electron chi connectivity index (χ1n) is 9.47. The van der Waals surface area contributed by atoms with E-state index in [1.807, 2.05) is 0 Å². The second-order valence-corrected chi connectivity index (χ2v) is 7.89. The predicted octanol–water partition coefficient (Wildman–Crippen LogP) is 2.62. The van der Waals surface area contributed by atoms with Gasteiger partial charge in [0.15, 0.2) is 0 Å². The van der Waals surface area contributed by atoms with Gasteiger partial charge in [-0.05, 0) is 64.5 Å². The largest absolute Gasteiger partial charge is 0.307 e. The first-order valence-corrected chi connectivity index (χ1v) is 9.47. The molecule has 130 valence electrons. The molecule has 4 rings (SSSR count). The second-order valence-electron chi connectivity index (χ2n) is 7.89. The summed E-state index contributed by atoms with van der Waals surface area (Å²) in [6, 6.07) is 6.99. The number of hydrogen-bond donors (Lipinski definition) is 0. The van der Waals surface area contributed by atoms with E-state index in [2.05, 4.69) is 46.9 Å². The Kier molecular flexibility index (Phi) is 4.35. The summed E-state index contributed by atoms with van der Waals surface area (Å²) in [4.78, 5) is 20.1. The van der Waals surface area contributed by atoms with Gasteiger partial charge in [-0.25, -0.2) is 0 Å². The summed E-state index contributed by atoms with van der Waals surface area (Å²) in [5.41, 5.74) is 3.86. The average Bonchev–Trinajstić information content (AvgIpc) is 2.89. The topological polar surface area (TPSA) is 26.8 Å². The van der Waals surface area contributed by atoms with E-state index in [9.17, 15) is 4.79 Å². The molecule has 0 N–H and O–H groups in total. The van der Waals surface area contributed by atoms with E-state index in [0.29, 0.717) is 24.4 Å². The molecule has 24 heavy (non-hydrogen) atoms. The van der Waals surface area contributed by atoms with E-state index < -0.39 is 0 Å². The lowest BCUT2D eigenvalue weighted by Gasteiger charge is -2.37. The van der Waals surface area contributed by atoms with E-state index in [1.165, 1.54) is 36.1 Å². The molecule has 3 aliphatic rings. The van der Waals surface area contributed by atoms with Gasteiger partial charge in [-0.3, -0.25) is 9.69 Å². The second kappa shape index (κ2) is 6.49. The zero-order valence-electron chi connectivity index (χ0n) is 15.0. The van der Waals surface area contributed by atoms with E-state index >= 15 is 0 Å². The Morgan fingerprint density at radius 3 is 2.75 bits per heavy atom. The molecule has 0 aromatic heterocycles. The molecule has 0 unspecified atom stereocenters. The number of anilines is 1. The Labute approximate surface area is 145 Å². The molecule has 1 aromatic carbocycles. The monoisotopic (exact) mass is 327 g/mol. The summed E-state index contributed by atoms with van der Waals surface area (Å²) in [5, 5.41) is 0. The van der Waals surface area contributed by atoms with Gasteiger partial charge in [0, 0.05) is 24.2 Å². The maximum Gasteiger partial charge on any atom is 0.241 e. The highest BCUT2D eigenvalue weighted by molar-refractivity contribution is 5.98. The minimum absolute atomic E-state index is 0.305. The Hall–Kier alpha value is -1.39. The van der Waals surface area contributed by atoms with Crippen molar-refractivity contribution in [2.45, 2.75) is 44.6 Å². The van der Waals surface area contributed by atoms with Crippen LogP contribution in [0.1, 0.15) is 42.7 Å². The van der Waals surface area contributed by atoms with E-state index in [4.69, 9.17) is 0 Å². The van der Waals surface area contributed by atoms with Gasteiger partial charge < -0.3 is 9.80 Å². The molecule has 1 amide bonds. The van der Waals surface area contributed by atoms with Gasteiger partial charge in [0.1, 0.15) is 0 Å². The van der Waals surface area contributed by atoms with Crippen molar-refractivity contribution in [3.8, 4) is 0 Å². The number of nitrogens with zero attached hydrogens (tertiary/aromatic N) is 3. The van der Waals surface area contributed by atoms with E-state index in [1.54, 1.807) is 0 Å². The zero-order chi connectivity index (χ0) is 16.7. The molecule has 3 heterocycles. The number of hydrogen-bond acceptors (Lipinski definition) is 3. The summed E-state index contributed by atoms with van der Waals surface area (Å²) in [6.07, 6.45) is 4.87. The van der Waals surface area contributed by atoms with Crippen LogP contribution < -0.4 is 4.90 Å². The molecule has 2 fully saturated rings. The van der Waals surface area contributed by atoms with Crippen molar-refractivity contribution in [3.63, 3.8) is 0 Å². The molecule has 0 bridgehead atoms. The van der Waals surface area contributed by atoms with Crippen LogP contribution in [-0.4, -0.2) is 61.5 Å². The fourth-order valence-electron chi connectivity index (χ4n) is 4.79. The molecule has 4 nitrogen and oxygen atoms in total. The molecule has 4 heteroatoms. The van der Waals surface area contributed by atoms with E-state index in [0.717, 1.165) is 32.6 Å². The Morgan fingerprint density at radius 2 is 1.96 bits per heavy atom. The van der Waals surface area contributed by atoms with Crippen molar-refractivity contribution in [1.29, 1.82) is 0 Å². The lowest BCUT2D eigenvalue weighted by atomic mass is 9.89. The highest BCUT2D eigenvalue weighted by Crippen LogP contribution is 2.44. The molecule has 3 aliphatic heterocycles. The first-order chi connectivity index (χ1) is 11.6. The Bertz CT molecular complexity index is 623. The summed E-state index contributed by atoms with van der Waals surface area (Å²) in [5.74, 6) is 0.781. The van der Waals surface area contributed by atoms with Crippen molar-refractivity contribution < 1.29 is 4.79 Å². The highest BCUT2D eigenvalue weighted by atomic mass is 16.2. The van der Waals surface area contributed by atoms with Crippen molar-refractivity contribution in [1.82, 2.24) is 9.80 Å². The van der Waals surface area contributed by atoms with Crippen molar-refractivity contribution in [2.75, 3.05) is 44.7 Å². The van der Waals surface area contributed by atoms with Gasteiger partial charge in [-0.15, -0.1) is 0 Å². The zero-order valence-corrected chi connectivity index (χ0v) is 15.0. The number of likely N-dealkylation sites (tertiary alicyclic amines) is 2. The number of carbonyl (C=O) groups excluding carboxylic acids is 1. The number of rotatable bonds is 2. The van der Waals surface area contributed by atoms with Crippen LogP contribution in [0.2, 0.25) is 0 Å². The van der Waals surface area contributed by atoms with Crippen molar-refractivity contribution >= 4 is 11.6 Å². The van der Waals surface area contributed by atoms with Gasteiger partial charge in [-0.2, -0.15) is 0 Å². The summed E-state index contributed by atoms with van der Waals surface area (Å²) in [7, 11) is 2.20. The van der Waals surface area contributed by atoms with Gasteiger partial charge >= 0.3 is 0 Å². The van der Waals surface area contributed by atoms with Crippen molar-refractivity contribution in [3.05, 3.63) is 29.3 Å². The molecule has 2 atom stereocenters. The number of benzene rings is 1. The smallest absolute Gasteiger partial charge is 0.241 e. The Balaban J connectivity index is 1.60. The molecule has 0 aliphatic carbocycles. The van der Waals surface area contributed by atoms with Crippen molar-refractivity contribution in [2.24, 2.45) is 0 Å². The van der Waals surface area contributed by atoms with Crippen LogP contribution in [0.5, 0.6) is 0 Å². The third kappa shape index (κ3) is 2.86. The standard InChI is InChI=1S/C20H29N3O/c1-15-6-7-18-16(12-15)17-13-21(2)11-8-19(17)23(18)20(24)14-22-9-4-3-5-10-22/h6-7,12,17,19H,3-5,8-11,13-14H2,1-2H3/t17-,19+/m0/s1. The molecule has 2 saturated heterocycles. The van der Waals surface area contributed by atoms with Crippen LogP contribution in [0.3, 0.4) is 0 Å². The minimum Gasteiger partial charge on any atom is -0.307 e.